The molecule has 2 rings (SSSR count). The molecule has 0 atom stereocenters. The van der Waals surface area contributed by atoms with Crippen molar-refractivity contribution in [3.05, 3.63) is 41.7 Å². The Hall–Kier alpha value is -1.88. The molecule has 0 saturated heterocycles. The fraction of sp³-hybridized carbons (Fsp3) is 0.333. The first-order chi connectivity index (χ1) is 8.31. The van der Waals surface area contributed by atoms with Gasteiger partial charge in [-0.3, -0.25) is 0 Å². The molecule has 0 aliphatic carbocycles. The number of benzene rings is 1. The summed E-state index contributed by atoms with van der Waals surface area (Å²) in [6.07, 6.45) is 2.39. The minimum absolute atomic E-state index is 0.0984. The lowest BCUT2D eigenvalue weighted by Gasteiger charge is -2.02. The lowest BCUT2D eigenvalue weighted by Crippen LogP contribution is -2.00. The van der Waals surface area contributed by atoms with Crippen LogP contribution in [0, 0.1) is 0 Å². The molecule has 0 radical (unpaired) electrons. The Morgan fingerprint density at radius 2 is 2.06 bits per heavy atom. The maximum atomic E-state index is 8.79. The van der Waals surface area contributed by atoms with Gasteiger partial charge in [0.05, 0.1) is 19.3 Å². The first-order valence-corrected chi connectivity index (χ1v) is 5.44. The zero-order chi connectivity index (χ0) is 12.1. The van der Waals surface area contributed by atoms with Gasteiger partial charge in [-0.05, 0) is 17.7 Å². The normalized spacial score (nSPS) is 10.5. The molecule has 90 valence electrons. The van der Waals surface area contributed by atoms with Gasteiger partial charge < -0.3 is 9.84 Å². The van der Waals surface area contributed by atoms with Gasteiger partial charge in [-0.1, -0.05) is 17.3 Å². The summed E-state index contributed by atoms with van der Waals surface area (Å²) in [6.45, 7) is 0.768. The lowest BCUT2D eigenvalue weighted by molar-refractivity contribution is 0.298. The molecule has 5 heteroatoms. The SMILES string of the molecule is COc1ccc(Cn2cc(CCO)nn2)cc1. The van der Waals surface area contributed by atoms with Gasteiger partial charge in [-0.15, -0.1) is 5.10 Å². The molecule has 1 aromatic heterocycles. The maximum Gasteiger partial charge on any atom is 0.118 e. The van der Waals surface area contributed by atoms with Crippen molar-refractivity contribution in [1.82, 2.24) is 15.0 Å². The highest BCUT2D eigenvalue weighted by Crippen LogP contribution is 2.12. The maximum absolute atomic E-state index is 8.79. The minimum atomic E-state index is 0.0984. The smallest absolute Gasteiger partial charge is 0.118 e. The first-order valence-electron chi connectivity index (χ1n) is 5.44. The number of aliphatic hydroxyl groups is 1. The Morgan fingerprint density at radius 3 is 2.71 bits per heavy atom. The van der Waals surface area contributed by atoms with Crippen LogP contribution in [0.2, 0.25) is 0 Å². The van der Waals surface area contributed by atoms with E-state index < -0.39 is 0 Å². The number of methoxy groups -OCH3 is 1. The molecule has 0 bridgehead atoms. The van der Waals surface area contributed by atoms with E-state index in [0.717, 1.165) is 17.0 Å². The summed E-state index contributed by atoms with van der Waals surface area (Å²) in [5, 5.41) is 16.7. The summed E-state index contributed by atoms with van der Waals surface area (Å²) in [7, 11) is 1.65. The molecule has 1 heterocycles. The van der Waals surface area contributed by atoms with Crippen molar-refractivity contribution in [2.75, 3.05) is 13.7 Å². The van der Waals surface area contributed by atoms with E-state index in [0.29, 0.717) is 13.0 Å². The molecule has 2 aromatic rings. The van der Waals surface area contributed by atoms with E-state index in [-0.39, 0.29) is 6.61 Å². The van der Waals surface area contributed by atoms with Gasteiger partial charge in [-0.25, -0.2) is 4.68 Å². The number of hydrogen-bond donors (Lipinski definition) is 1. The Morgan fingerprint density at radius 1 is 1.29 bits per heavy atom. The van der Waals surface area contributed by atoms with Gasteiger partial charge >= 0.3 is 0 Å². The van der Waals surface area contributed by atoms with E-state index in [2.05, 4.69) is 10.3 Å². The molecule has 5 nitrogen and oxygen atoms in total. The zero-order valence-electron chi connectivity index (χ0n) is 9.71. The van der Waals surface area contributed by atoms with Crippen molar-refractivity contribution >= 4 is 0 Å². The van der Waals surface area contributed by atoms with E-state index in [1.165, 1.54) is 0 Å². The van der Waals surface area contributed by atoms with Crippen LogP contribution in [0.4, 0.5) is 0 Å². The van der Waals surface area contributed by atoms with Crippen LogP contribution in [0.3, 0.4) is 0 Å². The van der Waals surface area contributed by atoms with Gasteiger partial charge in [0.15, 0.2) is 0 Å². The third kappa shape index (κ3) is 3.04. The highest BCUT2D eigenvalue weighted by Gasteiger charge is 2.01. The Balaban J connectivity index is 2.03. The number of rotatable bonds is 5. The summed E-state index contributed by atoms with van der Waals surface area (Å²) >= 11 is 0. The predicted octanol–water partition coefficient (Wildman–Crippen LogP) is 0.870. The van der Waals surface area contributed by atoms with Gasteiger partial charge in [-0.2, -0.15) is 0 Å². The number of ether oxygens (including phenoxy) is 1. The quantitative estimate of drug-likeness (QED) is 0.832. The molecule has 1 N–H and O–H groups in total. The van der Waals surface area contributed by atoms with E-state index in [1.54, 1.807) is 11.8 Å². The van der Waals surface area contributed by atoms with Crippen LogP contribution in [0.1, 0.15) is 11.3 Å². The van der Waals surface area contributed by atoms with Crippen LogP contribution < -0.4 is 4.74 Å². The molecule has 0 spiro atoms. The molecule has 0 aliphatic rings. The summed E-state index contributed by atoms with van der Waals surface area (Å²) in [4.78, 5) is 0. The summed E-state index contributed by atoms with van der Waals surface area (Å²) < 4.78 is 6.85. The number of aliphatic hydroxyl groups excluding tert-OH is 1. The molecule has 0 aliphatic heterocycles. The molecular weight excluding hydrogens is 218 g/mol. The topological polar surface area (TPSA) is 60.2 Å². The standard InChI is InChI=1S/C12H15N3O2/c1-17-12-4-2-10(3-5-12)8-15-9-11(6-7-16)13-14-15/h2-5,9,16H,6-8H2,1H3. The fourth-order valence-corrected chi connectivity index (χ4v) is 1.56. The van der Waals surface area contributed by atoms with Gasteiger partial charge in [0, 0.05) is 19.2 Å². The zero-order valence-corrected chi connectivity index (χ0v) is 9.71. The fourth-order valence-electron chi connectivity index (χ4n) is 1.56. The van der Waals surface area contributed by atoms with Crippen LogP contribution in [0.15, 0.2) is 30.5 Å². The highest BCUT2D eigenvalue weighted by atomic mass is 16.5. The van der Waals surface area contributed by atoms with Crippen molar-refractivity contribution < 1.29 is 9.84 Å². The number of aromatic nitrogens is 3. The van der Waals surface area contributed by atoms with Gasteiger partial charge in [0.1, 0.15) is 5.75 Å². The third-order valence-corrected chi connectivity index (χ3v) is 2.46. The van der Waals surface area contributed by atoms with E-state index >= 15 is 0 Å². The van der Waals surface area contributed by atoms with Crippen LogP contribution in [0.5, 0.6) is 5.75 Å². The molecule has 0 unspecified atom stereocenters. The Labute approximate surface area is 99.7 Å². The number of nitrogens with zero attached hydrogens (tertiary/aromatic N) is 3. The molecule has 17 heavy (non-hydrogen) atoms. The van der Waals surface area contributed by atoms with Crippen molar-refractivity contribution in [2.45, 2.75) is 13.0 Å². The average Bonchev–Trinajstić information content (AvgIpc) is 2.78. The van der Waals surface area contributed by atoms with Crippen molar-refractivity contribution in [3.63, 3.8) is 0 Å². The van der Waals surface area contributed by atoms with Crippen LogP contribution in [-0.4, -0.2) is 33.8 Å². The largest absolute Gasteiger partial charge is 0.497 e. The highest BCUT2D eigenvalue weighted by molar-refractivity contribution is 5.27. The van der Waals surface area contributed by atoms with Gasteiger partial charge in [0.25, 0.3) is 0 Å². The van der Waals surface area contributed by atoms with Crippen LogP contribution >= 0.6 is 0 Å². The van der Waals surface area contributed by atoms with Crippen LogP contribution in [0.25, 0.3) is 0 Å². The van der Waals surface area contributed by atoms with Gasteiger partial charge in [0.2, 0.25) is 0 Å². The third-order valence-electron chi connectivity index (χ3n) is 2.46. The molecule has 1 aromatic carbocycles. The summed E-state index contributed by atoms with van der Waals surface area (Å²) in [5.74, 6) is 0.841. The number of hydrogen-bond acceptors (Lipinski definition) is 4. The predicted molar refractivity (Wildman–Crippen MR) is 62.9 cm³/mol. The molecule has 0 amide bonds. The molecule has 0 saturated carbocycles. The monoisotopic (exact) mass is 233 g/mol. The second kappa shape index (κ2) is 5.45. The Kier molecular flexibility index (Phi) is 3.72. The van der Waals surface area contributed by atoms with Crippen LogP contribution in [-0.2, 0) is 13.0 Å². The summed E-state index contributed by atoms with van der Waals surface area (Å²) in [6, 6.07) is 7.82. The van der Waals surface area contributed by atoms with E-state index in [1.807, 2.05) is 30.5 Å². The summed E-state index contributed by atoms with van der Waals surface area (Å²) in [5.41, 5.74) is 1.94. The minimum Gasteiger partial charge on any atom is -0.497 e. The lowest BCUT2D eigenvalue weighted by atomic mass is 10.2. The van der Waals surface area contributed by atoms with E-state index in [9.17, 15) is 0 Å². The first kappa shape index (κ1) is 11.6. The average molecular weight is 233 g/mol. The molecule has 0 fully saturated rings. The van der Waals surface area contributed by atoms with Crippen molar-refractivity contribution in [1.29, 1.82) is 0 Å². The second-order valence-electron chi connectivity index (χ2n) is 3.73. The van der Waals surface area contributed by atoms with E-state index in [4.69, 9.17) is 9.84 Å². The van der Waals surface area contributed by atoms with Crippen molar-refractivity contribution in [2.24, 2.45) is 0 Å². The molecular formula is C12H15N3O2. The second-order valence-corrected chi connectivity index (χ2v) is 3.73. The Bertz CT molecular complexity index is 465. The van der Waals surface area contributed by atoms with Crippen molar-refractivity contribution in [3.8, 4) is 5.75 Å².